The SMILES string of the molecule is CC(=O)OCC1OC(OC2C(N)CC(NS(C)(=O)=O)C(OC(C)=O)C2O)C(N)C(OC(C)=O)C1OC(C)=O. The first-order chi connectivity index (χ1) is 17.5. The molecule has 17 heteroatoms. The lowest BCUT2D eigenvalue weighted by Crippen LogP contribution is -2.69. The van der Waals surface area contributed by atoms with Gasteiger partial charge < -0.3 is 45.0 Å². The van der Waals surface area contributed by atoms with E-state index in [4.69, 9.17) is 39.9 Å². The van der Waals surface area contributed by atoms with Crippen LogP contribution in [0.3, 0.4) is 0 Å². The highest BCUT2D eigenvalue weighted by molar-refractivity contribution is 7.88. The van der Waals surface area contributed by atoms with Crippen LogP contribution in [0.4, 0.5) is 0 Å². The Labute approximate surface area is 219 Å². The monoisotopic (exact) mass is 569 g/mol. The molecule has 1 aliphatic heterocycles. The van der Waals surface area contributed by atoms with E-state index in [1.807, 2.05) is 0 Å². The number of nitrogens with one attached hydrogen (secondary N) is 1. The number of carbonyl (C=O) groups excluding carboxylic acids is 4. The summed E-state index contributed by atoms with van der Waals surface area (Å²) in [5.41, 5.74) is 12.5. The zero-order valence-electron chi connectivity index (χ0n) is 21.6. The van der Waals surface area contributed by atoms with Gasteiger partial charge >= 0.3 is 23.9 Å². The van der Waals surface area contributed by atoms with E-state index in [9.17, 15) is 32.7 Å². The van der Waals surface area contributed by atoms with E-state index in [1.165, 1.54) is 0 Å². The van der Waals surface area contributed by atoms with Gasteiger partial charge in [-0.25, -0.2) is 13.1 Å². The maximum Gasteiger partial charge on any atom is 0.303 e. The molecule has 10 atom stereocenters. The zero-order valence-corrected chi connectivity index (χ0v) is 22.4. The highest BCUT2D eigenvalue weighted by Crippen LogP contribution is 2.31. The van der Waals surface area contributed by atoms with Gasteiger partial charge in [-0.1, -0.05) is 0 Å². The van der Waals surface area contributed by atoms with Gasteiger partial charge in [-0.15, -0.1) is 0 Å². The fourth-order valence-corrected chi connectivity index (χ4v) is 5.14. The highest BCUT2D eigenvalue weighted by Gasteiger charge is 2.53. The molecular weight excluding hydrogens is 534 g/mol. The number of ether oxygens (including phenoxy) is 6. The van der Waals surface area contributed by atoms with E-state index in [0.29, 0.717) is 0 Å². The molecule has 2 fully saturated rings. The van der Waals surface area contributed by atoms with Crippen LogP contribution in [0.1, 0.15) is 34.1 Å². The molecule has 0 aromatic rings. The van der Waals surface area contributed by atoms with Crippen molar-refractivity contribution >= 4 is 33.9 Å². The highest BCUT2D eigenvalue weighted by atomic mass is 32.2. The van der Waals surface area contributed by atoms with Gasteiger partial charge in [0.2, 0.25) is 10.0 Å². The second-order valence-corrected chi connectivity index (χ2v) is 10.9. The van der Waals surface area contributed by atoms with Crippen LogP contribution in [0.15, 0.2) is 0 Å². The lowest BCUT2D eigenvalue weighted by molar-refractivity contribution is -0.298. The molecule has 1 saturated carbocycles. The first-order valence-corrected chi connectivity index (χ1v) is 13.5. The van der Waals surface area contributed by atoms with Crippen molar-refractivity contribution in [1.82, 2.24) is 4.72 Å². The van der Waals surface area contributed by atoms with Crippen molar-refractivity contribution in [2.75, 3.05) is 12.9 Å². The normalized spacial score (nSPS) is 35.6. The Balaban J connectivity index is 2.36. The molecule has 38 heavy (non-hydrogen) atoms. The van der Waals surface area contributed by atoms with Gasteiger partial charge in [0.15, 0.2) is 18.5 Å². The smallest absolute Gasteiger partial charge is 0.303 e. The topological polar surface area (TPSA) is 242 Å². The minimum absolute atomic E-state index is 0.116. The number of nitrogens with two attached hydrogens (primary N) is 2. The second-order valence-electron chi connectivity index (χ2n) is 9.13. The summed E-state index contributed by atoms with van der Waals surface area (Å²) in [4.78, 5) is 46.6. The summed E-state index contributed by atoms with van der Waals surface area (Å²) < 4.78 is 58.3. The molecule has 6 N–H and O–H groups in total. The fourth-order valence-electron chi connectivity index (χ4n) is 4.36. The lowest BCUT2D eigenvalue weighted by atomic mass is 9.84. The van der Waals surface area contributed by atoms with Gasteiger partial charge in [-0.3, -0.25) is 19.2 Å². The van der Waals surface area contributed by atoms with E-state index in [1.54, 1.807) is 0 Å². The summed E-state index contributed by atoms with van der Waals surface area (Å²) in [5.74, 6) is -3.00. The quantitative estimate of drug-likeness (QED) is 0.158. The fraction of sp³-hybridized carbons (Fsp3) is 0.810. The Morgan fingerprint density at radius 3 is 1.92 bits per heavy atom. The maximum absolute atomic E-state index is 11.8. The number of esters is 4. The lowest BCUT2D eigenvalue weighted by Gasteiger charge is -2.47. The third kappa shape index (κ3) is 8.82. The van der Waals surface area contributed by atoms with E-state index in [0.717, 1.165) is 34.0 Å². The predicted molar refractivity (Wildman–Crippen MR) is 125 cm³/mol. The summed E-state index contributed by atoms with van der Waals surface area (Å²) >= 11 is 0. The van der Waals surface area contributed by atoms with Crippen molar-refractivity contribution in [2.45, 2.75) is 95.2 Å². The number of aliphatic hydroxyl groups excluding tert-OH is 1. The molecule has 16 nitrogen and oxygen atoms in total. The Kier molecular flexibility index (Phi) is 11.0. The van der Waals surface area contributed by atoms with Crippen LogP contribution in [0, 0.1) is 0 Å². The molecule has 1 heterocycles. The van der Waals surface area contributed by atoms with Gasteiger partial charge in [0.25, 0.3) is 0 Å². The van der Waals surface area contributed by atoms with Crippen molar-refractivity contribution in [1.29, 1.82) is 0 Å². The molecule has 0 bridgehead atoms. The van der Waals surface area contributed by atoms with Gasteiger partial charge in [0.1, 0.15) is 31.0 Å². The van der Waals surface area contributed by atoms with Crippen LogP contribution in [0.2, 0.25) is 0 Å². The molecule has 2 aliphatic rings. The van der Waals surface area contributed by atoms with Crippen LogP contribution < -0.4 is 16.2 Å². The molecule has 0 aromatic carbocycles. The van der Waals surface area contributed by atoms with Crippen LogP contribution in [0.25, 0.3) is 0 Å². The van der Waals surface area contributed by atoms with Crippen molar-refractivity contribution in [3.05, 3.63) is 0 Å². The first-order valence-electron chi connectivity index (χ1n) is 11.6. The summed E-state index contributed by atoms with van der Waals surface area (Å²) in [5, 5.41) is 11.0. The molecular formula is C21H35N3O13S. The molecule has 1 aliphatic carbocycles. The summed E-state index contributed by atoms with van der Waals surface area (Å²) in [6.45, 7) is 3.99. The number of sulfonamides is 1. The van der Waals surface area contributed by atoms with Crippen LogP contribution >= 0.6 is 0 Å². The molecule has 0 amide bonds. The van der Waals surface area contributed by atoms with Gasteiger partial charge in [-0.2, -0.15) is 0 Å². The molecule has 10 unspecified atom stereocenters. The standard InChI is InChI=1S/C21H35N3O13S/c1-8(25)32-7-14-19(34-10(3)27)20(35-11(4)28)15(23)21(36-14)37-17-12(22)6-13(24-38(5,30)31)18(16(17)29)33-9(2)26/h12-21,24,29H,6-7,22-23H2,1-5H3. The van der Waals surface area contributed by atoms with Gasteiger partial charge in [-0.05, 0) is 6.42 Å². The molecule has 0 aromatic heterocycles. The maximum atomic E-state index is 11.8. The minimum Gasteiger partial charge on any atom is -0.463 e. The number of aliphatic hydroxyl groups is 1. The van der Waals surface area contributed by atoms with E-state index < -0.39 is 102 Å². The van der Waals surface area contributed by atoms with E-state index in [2.05, 4.69) is 4.72 Å². The Morgan fingerprint density at radius 1 is 0.895 bits per heavy atom. The Bertz CT molecular complexity index is 993. The van der Waals surface area contributed by atoms with Crippen molar-refractivity contribution in [3.63, 3.8) is 0 Å². The van der Waals surface area contributed by atoms with Gasteiger partial charge in [0.05, 0.1) is 18.3 Å². The summed E-state index contributed by atoms with van der Waals surface area (Å²) in [6, 6.07) is -3.38. The molecule has 0 spiro atoms. The second kappa shape index (κ2) is 13.1. The number of hydrogen-bond acceptors (Lipinski definition) is 15. The summed E-state index contributed by atoms with van der Waals surface area (Å²) in [7, 11) is -3.77. The minimum atomic E-state index is -3.77. The van der Waals surface area contributed by atoms with Crippen LogP contribution in [0.5, 0.6) is 0 Å². The Hall–Kier alpha value is -2.41. The van der Waals surface area contributed by atoms with Crippen molar-refractivity contribution in [2.24, 2.45) is 11.5 Å². The van der Waals surface area contributed by atoms with Crippen molar-refractivity contribution < 1.29 is 61.1 Å². The third-order valence-electron chi connectivity index (χ3n) is 5.72. The van der Waals surface area contributed by atoms with Crippen LogP contribution in [-0.4, -0.2) is 111 Å². The average Bonchev–Trinajstić information content (AvgIpc) is 2.75. The summed E-state index contributed by atoms with van der Waals surface area (Å²) in [6.07, 6.45) is -8.85. The Morgan fingerprint density at radius 2 is 1.42 bits per heavy atom. The predicted octanol–water partition coefficient (Wildman–Crippen LogP) is -3.21. The van der Waals surface area contributed by atoms with Crippen molar-refractivity contribution in [3.8, 4) is 0 Å². The van der Waals surface area contributed by atoms with Crippen LogP contribution in [-0.2, 0) is 57.6 Å². The molecule has 218 valence electrons. The number of hydrogen-bond donors (Lipinski definition) is 4. The largest absolute Gasteiger partial charge is 0.463 e. The molecule has 0 radical (unpaired) electrons. The first kappa shape index (κ1) is 31.8. The average molecular weight is 570 g/mol. The van der Waals surface area contributed by atoms with E-state index >= 15 is 0 Å². The number of carbonyl (C=O) groups is 4. The van der Waals surface area contributed by atoms with Gasteiger partial charge in [0, 0.05) is 33.7 Å². The third-order valence-corrected chi connectivity index (χ3v) is 6.46. The molecule has 2 rings (SSSR count). The number of rotatable bonds is 9. The van der Waals surface area contributed by atoms with E-state index in [-0.39, 0.29) is 6.42 Å². The zero-order chi connectivity index (χ0) is 28.9. The molecule has 1 saturated heterocycles.